The van der Waals surface area contributed by atoms with Gasteiger partial charge in [0.1, 0.15) is 17.9 Å². The molecule has 3 aliphatic heterocycles. The van der Waals surface area contributed by atoms with Crippen LogP contribution in [0.3, 0.4) is 0 Å². The molecule has 4 heterocycles. The van der Waals surface area contributed by atoms with E-state index in [0.717, 1.165) is 33.5 Å². The number of amides is 4. The van der Waals surface area contributed by atoms with E-state index in [-0.39, 0.29) is 24.6 Å². The van der Waals surface area contributed by atoms with Gasteiger partial charge in [0, 0.05) is 38.5 Å². The molecule has 9 heteroatoms. The Morgan fingerprint density at radius 1 is 1.11 bits per heavy atom. The summed E-state index contributed by atoms with van der Waals surface area (Å²) < 4.78 is 5.60. The zero-order valence-electron chi connectivity index (χ0n) is 20.9. The number of nitrogens with zero attached hydrogens (tertiary/aromatic N) is 4. The first-order valence-electron chi connectivity index (χ1n) is 12.5. The minimum Gasteiger partial charge on any atom is -0.380 e. The van der Waals surface area contributed by atoms with Crippen LogP contribution in [-0.4, -0.2) is 71.5 Å². The number of benzene rings is 2. The van der Waals surface area contributed by atoms with E-state index < -0.39 is 17.5 Å². The van der Waals surface area contributed by atoms with Gasteiger partial charge in [0.15, 0.2) is 0 Å². The SMILES string of the molecule is CO[C@@H]1C[C@H]2CN(C(=O)CN3C(=O)NC(C)(c4ccc5ccccc5c4)C3=O)Cc3cccnc3N2C1. The smallest absolute Gasteiger partial charge is 0.325 e. The standard InChI is InChI=1S/C28H29N5O4/c1-28(21-10-9-18-6-3-4-7-19(18)12-21)26(35)33(27(36)30-28)17-24(34)31-14-20-8-5-11-29-25(20)32-16-23(37-2)13-22(32)15-31/h3-12,22-23H,13-17H2,1-2H3,(H,30,36)/t22-,23+,28?/m0/s1. The number of hydrogen-bond donors (Lipinski definition) is 1. The number of imide groups is 1. The second-order valence-corrected chi connectivity index (χ2v) is 10.2. The lowest BCUT2D eigenvalue weighted by Gasteiger charge is -2.27. The maximum atomic E-state index is 13.6. The number of rotatable bonds is 4. The van der Waals surface area contributed by atoms with Crippen LogP contribution in [0.5, 0.6) is 0 Å². The second kappa shape index (κ2) is 8.85. The highest BCUT2D eigenvalue weighted by Gasteiger charge is 2.50. The first-order chi connectivity index (χ1) is 17.9. The van der Waals surface area contributed by atoms with Crippen molar-refractivity contribution in [2.24, 2.45) is 0 Å². The number of urea groups is 1. The van der Waals surface area contributed by atoms with Crippen molar-refractivity contribution in [2.75, 3.05) is 31.6 Å². The molecule has 190 valence electrons. The number of carbonyl (C=O) groups excluding carboxylic acids is 3. The van der Waals surface area contributed by atoms with Crippen molar-refractivity contribution in [2.45, 2.75) is 37.6 Å². The van der Waals surface area contributed by atoms with Crippen LogP contribution in [-0.2, 0) is 26.4 Å². The molecule has 3 aromatic rings. The fourth-order valence-corrected chi connectivity index (χ4v) is 5.78. The highest BCUT2D eigenvalue weighted by atomic mass is 16.5. The molecule has 9 nitrogen and oxygen atoms in total. The molecular weight excluding hydrogens is 470 g/mol. The Kier molecular flexibility index (Phi) is 5.60. The Labute approximate surface area is 215 Å². The summed E-state index contributed by atoms with van der Waals surface area (Å²) in [5.41, 5.74) is 0.375. The van der Waals surface area contributed by atoms with E-state index in [1.807, 2.05) is 54.6 Å². The molecule has 37 heavy (non-hydrogen) atoms. The number of fused-ring (bicyclic) bond motifs is 4. The van der Waals surface area contributed by atoms with Gasteiger partial charge in [-0.3, -0.25) is 14.5 Å². The van der Waals surface area contributed by atoms with Crippen molar-refractivity contribution in [1.82, 2.24) is 20.1 Å². The van der Waals surface area contributed by atoms with E-state index in [1.54, 1.807) is 25.1 Å². The molecule has 4 amide bonds. The molecule has 2 saturated heterocycles. The van der Waals surface area contributed by atoms with Crippen LogP contribution in [0.2, 0.25) is 0 Å². The van der Waals surface area contributed by atoms with Gasteiger partial charge in [0.2, 0.25) is 5.91 Å². The van der Waals surface area contributed by atoms with Crippen LogP contribution in [0.4, 0.5) is 10.6 Å². The number of pyridine rings is 1. The lowest BCUT2D eigenvalue weighted by molar-refractivity contribution is -0.139. The molecule has 0 aliphatic carbocycles. The third-order valence-corrected chi connectivity index (χ3v) is 7.89. The number of carbonyl (C=O) groups is 3. The summed E-state index contributed by atoms with van der Waals surface area (Å²) in [6, 6.07) is 16.9. The van der Waals surface area contributed by atoms with E-state index in [0.29, 0.717) is 25.2 Å². The van der Waals surface area contributed by atoms with E-state index >= 15 is 0 Å². The first-order valence-corrected chi connectivity index (χ1v) is 12.5. The van der Waals surface area contributed by atoms with Crippen LogP contribution in [0.1, 0.15) is 24.5 Å². The minimum atomic E-state index is -1.25. The van der Waals surface area contributed by atoms with Crippen LogP contribution >= 0.6 is 0 Å². The van der Waals surface area contributed by atoms with E-state index in [9.17, 15) is 14.4 Å². The summed E-state index contributed by atoms with van der Waals surface area (Å²) >= 11 is 0. The van der Waals surface area contributed by atoms with Crippen LogP contribution < -0.4 is 10.2 Å². The summed E-state index contributed by atoms with van der Waals surface area (Å²) in [4.78, 5) is 49.7. The molecule has 2 aromatic carbocycles. The Morgan fingerprint density at radius 2 is 1.92 bits per heavy atom. The van der Waals surface area contributed by atoms with Gasteiger partial charge in [0.05, 0.1) is 12.1 Å². The average Bonchev–Trinajstić information content (AvgIpc) is 3.36. The van der Waals surface area contributed by atoms with Crippen molar-refractivity contribution >= 4 is 34.4 Å². The van der Waals surface area contributed by atoms with Crippen molar-refractivity contribution in [3.8, 4) is 0 Å². The lowest BCUT2D eigenvalue weighted by Crippen LogP contribution is -2.46. The highest BCUT2D eigenvalue weighted by molar-refractivity contribution is 6.09. The zero-order chi connectivity index (χ0) is 25.7. The third kappa shape index (κ3) is 3.90. The molecule has 2 fully saturated rings. The zero-order valence-corrected chi connectivity index (χ0v) is 20.9. The highest BCUT2D eigenvalue weighted by Crippen LogP contribution is 2.34. The van der Waals surface area contributed by atoms with Crippen LogP contribution in [0.15, 0.2) is 60.8 Å². The molecule has 0 radical (unpaired) electrons. The van der Waals surface area contributed by atoms with Crippen molar-refractivity contribution in [1.29, 1.82) is 0 Å². The third-order valence-electron chi connectivity index (χ3n) is 7.89. The molecule has 1 unspecified atom stereocenters. The van der Waals surface area contributed by atoms with Gasteiger partial charge in [-0.15, -0.1) is 0 Å². The van der Waals surface area contributed by atoms with Gasteiger partial charge < -0.3 is 19.9 Å². The van der Waals surface area contributed by atoms with E-state index in [2.05, 4.69) is 15.2 Å². The summed E-state index contributed by atoms with van der Waals surface area (Å²) in [7, 11) is 1.70. The summed E-state index contributed by atoms with van der Waals surface area (Å²) in [5.74, 6) is 0.157. The van der Waals surface area contributed by atoms with Crippen molar-refractivity contribution in [3.05, 3.63) is 71.9 Å². The first kappa shape index (κ1) is 23.4. The summed E-state index contributed by atoms with van der Waals surface area (Å²) in [6.07, 6.45) is 2.59. The Balaban J connectivity index is 1.24. The maximum Gasteiger partial charge on any atom is 0.325 e. The minimum absolute atomic E-state index is 0.0519. The van der Waals surface area contributed by atoms with Gasteiger partial charge in [-0.2, -0.15) is 0 Å². The number of nitrogens with one attached hydrogen (secondary N) is 1. The van der Waals surface area contributed by atoms with Gasteiger partial charge >= 0.3 is 6.03 Å². The second-order valence-electron chi connectivity index (χ2n) is 10.2. The topological polar surface area (TPSA) is 95.1 Å². The number of anilines is 1. The summed E-state index contributed by atoms with van der Waals surface area (Å²) in [6.45, 7) is 2.93. The molecule has 0 saturated carbocycles. The Hall–Kier alpha value is -3.98. The summed E-state index contributed by atoms with van der Waals surface area (Å²) in [5, 5.41) is 4.85. The normalized spacial score (nSPS) is 25.2. The van der Waals surface area contributed by atoms with Gasteiger partial charge in [-0.25, -0.2) is 9.78 Å². The van der Waals surface area contributed by atoms with Gasteiger partial charge in [-0.1, -0.05) is 42.5 Å². The molecular formula is C28H29N5O4. The fraction of sp³-hybridized carbons (Fsp3) is 0.357. The number of methoxy groups -OCH3 is 1. The molecule has 3 atom stereocenters. The fourth-order valence-electron chi connectivity index (χ4n) is 5.78. The predicted molar refractivity (Wildman–Crippen MR) is 138 cm³/mol. The number of ether oxygens (including phenoxy) is 1. The Bertz CT molecular complexity index is 1410. The van der Waals surface area contributed by atoms with Crippen molar-refractivity contribution in [3.63, 3.8) is 0 Å². The van der Waals surface area contributed by atoms with Crippen LogP contribution in [0.25, 0.3) is 10.8 Å². The average molecular weight is 500 g/mol. The maximum absolute atomic E-state index is 13.6. The van der Waals surface area contributed by atoms with Gasteiger partial charge in [-0.05, 0) is 41.8 Å². The lowest BCUT2D eigenvalue weighted by atomic mass is 9.90. The van der Waals surface area contributed by atoms with E-state index in [1.165, 1.54) is 0 Å². The quantitative estimate of drug-likeness (QED) is 0.555. The molecule has 0 bridgehead atoms. The molecule has 1 aromatic heterocycles. The monoisotopic (exact) mass is 499 g/mol. The van der Waals surface area contributed by atoms with Crippen molar-refractivity contribution < 1.29 is 19.1 Å². The molecule has 0 spiro atoms. The van der Waals surface area contributed by atoms with Gasteiger partial charge in [0.25, 0.3) is 5.91 Å². The Morgan fingerprint density at radius 3 is 2.73 bits per heavy atom. The number of aromatic nitrogens is 1. The molecule has 6 rings (SSSR count). The largest absolute Gasteiger partial charge is 0.380 e. The van der Waals surface area contributed by atoms with E-state index in [4.69, 9.17) is 4.74 Å². The molecule has 3 aliphatic rings. The predicted octanol–water partition coefficient (Wildman–Crippen LogP) is 2.64. The van der Waals surface area contributed by atoms with Crippen LogP contribution in [0, 0.1) is 0 Å². The number of hydrogen-bond acceptors (Lipinski definition) is 6. The molecule has 1 N–H and O–H groups in total.